The van der Waals surface area contributed by atoms with Crippen molar-refractivity contribution in [1.29, 1.82) is 0 Å². The lowest BCUT2D eigenvalue weighted by molar-refractivity contribution is 0.353. The molecule has 1 atom stereocenters. The summed E-state index contributed by atoms with van der Waals surface area (Å²) in [5, 5.41) is 2.51. The molecule has 4 aliphatic rings. The van der Waals surface area contributed by atoms with E-state index in [9.17, 15) is 0 Å². The third-order valence-electron chi connectivity index (χ3n) is 15.1. The quantitative estimate of drug-likeness (QED) is 0.173. The van der Waals surface area contributed by atoms with E-state index in [0.29, 0.717) is 23.4 Å². The first kappa shape index (κ1) is 37.8. The van der Waals surface area contributed by atoms with E-state index >= 15 is 0 Å². The molecule has 9 aromatic rings. The number of nitrogens with zero attached hydrogens (tertiary/aromatic N) is 3. The Morgan fingerprint density at radius 2 is 1.22 bits per heavy atom. The summed E-state index contributed by atoms with van der Waals surface area (Å²) in [7, 11) is 0. The second-order valence-corrected chi connectivity index (χ2v) is 20.0. The molecule has 0 radical (unpaired) electrons. The van der Waals surface area contributed by atoms with Crippen LogP contribution in [-0.4, -0.2) is 15.0 Å². The van der Waals surface area contributed by atoms with Gasteiger partial charge in [0.1, 0.15) is 0 Å². The zero-order valence-electron chi connectivity index (χ0n) is 36.2. The zero-order chi connectivity index (χ0) is 42.6. The molecule has 2 heterocycles. The molecule has 4 heteroatoms. The molecule has 1 fully saturated rings. The molecule has 0 bridgehead atoms. The van der Waals surface area contributed by atoms with Gasteiger partial charge in [0, 0.05) is 53.6 Å². The van der Waals surface area contributed by atoms with Gasteiger partial charge in [-0.15, -0.1) is 11.3 Å². The van der Waals surface area contributed by atoms with E-state index in [-0.39, 0.29) is 10.8 Å². The van der Waals surface area contributed by atoms with E-state index in [1.807, 2.05) is 17.4 Å². The van der Waals surface area contributed by atoms with Crippen LogP contribution >= 0.6 is 11.3 Å². The predicted molar refractivity (Wildman–Crippen MR) is 267 cm³/mol. The van der Waals surface area contributed by atoms with E-state index in [2.05, 4.69) is 178 Å². The highest BCUT2D eigenvalue weighted by Crippen LogP contribution is 2.61. The van der Waals surface area contributed by atoms with Crippen LogP contribution in [0.2, 0.25) is 0 Å². The summed E-state index contributed by atoms with van der Waals surface area (Å²) in [6, 6.07) is 56.4. The van der Waals surface area contributed by atoms with Gasteiger partial charge >= 0.3 is 0 Å². The lowest BCUT2D eigenvalue weighted by Crippen LogP contribution is -2.28. The molecule has 64 heavy (non-hydrogen) atoms. The number of fused-ring (bicyclic) bond motifs is 11. The summed E-state index contributed by atoms with van der Waals surface area (Å²) in [6.07, 6.45) is 14.0. The maximum atomic E-state index is 5.25. The summed E-state index contributed by atoms with van der Waals surface area (Å²) >= 11 is 1.84. The second-order valence-electron chi connectivity index (χ2n) is 18.9. The molecule has 2 aromatic heterocycles. The predicted octanol–water partition coefficient (Wildman–Crippen LogP) is 15.9. The molecule has 1 saturated carbocycles. The Balaban J connectivity index is 0.942. The maximum absolute atomic E-state index is 5.25. The molecule has 4 aliphatic carbocycles. The standard InChI is InChI=1S/C60H47N3S/c1-59(2)49-24-11-10-20-43(49)46-35-52-48(36-51(46)59)54-42(21-15-25-50(54)60(52)32-12-5-13-33-60)41-30-31-53-47(34-41)44-22-14-23-45(55(44)64-53)58-62-56(39-18-8-4-9-19-39)61-57(63-58)40-28-26-38(27-29-40)37-16-6-3-7-17-37/h3-4,6-11,14-26,28-31,34-36,38H,5,12-13,27,32-33H2,1-2H3. The Morgan fingerprint density at radius 3 is 2.05 bits per heavy atom. The van der Waals surface area contributed by atoms with Crippen molar-refractivity contribution in [3.8, 4) is 56.2 Å². The van der Waals surface area contributed by atoms with E-state index in [1.165, 1.54) is 108 Å². The van der Waals surface area contributed by atoms with Crippen molar-refractivity contribution in [2.45, 2.75) is 69.1 Å². The van der Waals surface area contributed by atoms with Gasteiger partial charge in [-0.25, -0.2) is 15.0 Å². The molecule has 0 aliphatic heterocycles. The summed E-state index contributed by atoms with van der Waals surface area (Å²) in [5.41, 5.74) is 18.7. The maximum Gasteiger partial charge on any atom is 0.165 e. The number of allylic oxidation sites excluding steroid dienone is 4. The van der Waals surface area contributed by atoms with Crippen LogP contribution in [0.15, 0.2) is 170 Å². The van der Waals surface area contributed by atoms with Gasteiger partial charge in [-0.3, -0.25) is 0 Å². The van der Waals surface area contributed by atoms with Crippen LogP contribution in [0.3, 0.4) is 0 Å². The van der Waals surface area contributed by atoms with Gasteiger partial charge in [0.2, 0.25) is 0 Å². The summed E-state index contributed by atoms with van der Waals surface area (Å²) in [6.45, 7) is 4.83. The van der Waals surface area contributed by atoms with E-state index in [1.54, 1.807) is 5.56 Å². The van der Waals surface area contributed by atoms with Crippen molar-refractivity contribution in [2.75, 3.05) is 0 Å². The Labute approximate surface area is 379 Å². The van der Waals surface area contributed by atoms with Gasteiger partial charge < -0.3 is 0 Å². The first-order valence-electron chi connectivity index (χ1n) is 23.1. The summed E-state index contributed by atoms with van der Waals surface area (Å²) in [5.74, 6) is 2.43. The van der Waals surface area contributed by atoms with Gasteiger partial charge in [0.15, 0.2) is 17.5 Å². The molecule has 1 spiro atoms. The smallest absolute Gasteiger partial charge is 0.165 e. The van der Waals surface area contributed by atoms with Gasteiger partial charge in [0.25, 0.3) is 0 Å². The second kappa shape index (κ2) is 14.4. The highest BCUT2D eigenvalue weighted by Gasteiger charge is 2.47. The van der Waals surface area contributed by atoms with Gasteiger partial charge in [0.05, 0.1) is 0 Å². The van der Waals surface area contributed by atoms with Crippen LogP contribution in [0.25, 0.3) is 81.9 Å². The van der Waals surface area contributed by atoms with Crippen LogP contribution in [0.5, 0.6) is 0 Å². The van der Waals surface area contributed by atoms with E-state index in [0.717, 1.165) is 23.1 Å². The first-order valence-corrected chi connectivity index (χ1v) is 23.9. The average Bonchev–Trinajstić information content (AvgIpc) is 3.94. The molecule has 13 rings (SSSR count). The van der Waals surface area contributed by atoms with E-state index < -0.39 is 0 Å². The van der Waals surface area contributed by atoms with Crippen LogP contribution in [0, 0.1) is 0 Å². The third kappa shape index (κ3) is 5.68. The topological polar surface area (TPSA) is 38.7 Å². The fourth-order valence-corrected chi connectivity index (χ4v) is 13.1. The van der Waals surface area contributed by atoms with Crippen molar-refractivity contribution < 1.29 is 0 Å². The zero-order valence-corrected chi connectivity index (χ0v) is 37.1. The van der Waals surface area contributed by atoms with Crippen LogP contribution < -0.4 is 0 Å². The van der Waals surface area contributed by atoms with E-state index in [4.69, 9.17) is 15.0 Å². The number of hydrogen-bond donors (Lipinski definition) is 0. The van der Waals surface area contributed by atoms with Crippen molar-refractivity contribution in [2.24, 2.45) is 0 Å². The minimum atomic E-state index is -0.0543. The lowest BCUT2D eigenvalue weighted by Gasteiger charge is -2.36. The highest BCUT2D eigenvalue weighted by molar-refractivity contribution is 7.26. The monoisotopic (exact) mass is 841 g/mol. The SMILES string of the molecule is CC1(C)c2ccccc2-c2cc3c(cc21)-c1c(-c2ccc4sc5c(-c6nc(C7=CCC(c8ccccc8)C=C7)nc(-c7ccccc7)n6)cccc5c4c2)cccc1C31CCCCC1. The fraction of sp³-hybridized carbons (Fsp3) is 0.183. The van der Waals surface area contributed by atoms with Crippen molar-refractivity contribution in [3.05, 3.63) is 204 Å². The lowest BCUT2D eigenvalue weighted by atomic mass is 9.67. The Hall–Kier alpha value is -6.75. The molecule has 0 amide bonds. The van der Waals surface area contributed by atoms with Gasteiger partial charge in [-0.05, 0) is 111 Å². The summed E-state index contributed by atoms with van der Waals surface area (Å²) < 4.78 is 2.47. The first-order chi connectivity index (χ1) is 31.4. The number of benzene rings is 7. The number of thiophene rings is 1. The molecule has 1 unspecified atom stereocenters. The normalized spacial score (nSPS) is 17.6. The van der Waals surface area contributed by atoms with Crippen molar-refractivity contribution in [1.82, 2.24) is 15.0 Å². The van der Waals surface area contributed by atoms with Gasteiger partial charge in [-0.2, -0.15) is 0 Å². The van der Waals surface area contributed by atoms with Crippen molar-refractivity contribution in [3.63, 3.8) is 0 Å². The number of aromatic nitrogens is 3. The van der Waals surface area contributed by atoms with Crippen LogP contribution in [0.1, 0.15) is 91.9 Å². The molecule has 0 N–H and O–H groups in total. The summed E-state index contributed by atoms with van der Waals surface area (Å²) in [4.78, 5) is 15.5. The molecule has 0 saturated heterocycles. The molecular formula is C60H47N3S. The fourth-order valence-electron chi connectivity index (χ4n) is 11.9. The Kier molecular flexibility index (Phi) is 8.49. The minimum absolute atomic E-state index is 0.0543. The average molecular weight is 842 g/mol. The van der Waals surface area contributed by atoms with Gasteiger partial charge in [-0.1, -0.05) is 173 Å². The number of hydrogen-bond acceptors (Lipinski definition) is 4. The highest BCUT2D eigenvalue weighted by atomic mass is 32.1. The molecule has 7 aromatic carbocycles. The number of rotatable bonds is 5. The minimum Gasteiger partial charge on any atom is -0.208 e. The van der Waals surface area contributed by atoms with Crippen LogP contribution in [0.4, 0.5) is 0 Å². The molecular weight excluding hydrogens is 795 g/mol. The largest absolute Gasteiger partial charge is 0.208 e. The Bertz CT molecular complexity index is 3420. The molecule has 308 valence electrons. The third-order valence-corrected chi connectivity index (χ3v) is 16.3. The van der Waals surface area contributed by atoms with Crippen LogP contribution in [-0.2, 0) is 10.8 Å². The van der Waals surface area contributed by atoms with Crippen molar-refractivity contribution >= 4 is 37.1 Å². The Morgan fingerprint density at radius 1 is 0.516 bits per heavy atom. The molecule has 3 nitrogen and oxygen atoms in total.